The fourth-order valence-electron chi connectivity index (χ4n) is 2.71. The summed E-state index contributed by atoms with van der Waals surface area (Å²) in [7, 11) is 1.61. The Morgan fingerprint density at radius 1 is 1.19 bits per heavy atom. The van der Waals surface area contributed by atoms with Crippen molar-refractivity contribution in [2.75, 3.05) is 20.3 Å². The number of nitrogens with one attached hydrogen (secondary N) is 1. The predicted molar refractivity (Wildman–Crippen MR) is 118 cm³/mol. The van der Waals surface area contributed by atoms with E-state index in [1.165, 1.54) is 11.8 Å². The Morgan fingerprint density at radius 3 is 2.61 bits per heavy atom. The van der Waals surface area contributed by atoms with Crippen molar-refractivity contribution in [3.63, 3.8) is 0 Å². The highest BCUT2D eigenvalue weighted by molar-refractivity contribution is 7.98. The molecule has 10 heteroatoms. The van der Waals surface area contributed by atoms with E-state index in [0.29, 0.717) is 29.8 Å². The zero-order valence-corrected chi connectivity index (χ0v) is 18.6. The summed E-state index contributed by atoms with van der Waals surface area (Å²) < 4.78 is 12.4. The van der Waals surface area contributed by atoms with Gasteiger partial charge >= 0.3 is 0 Å². The molecule has 1 amide bonds. The van der Waals surface area contributed by atoms with Crippen LogP contribution in [0, 0.1) is 0 Å². The molecule has 0 bridgehead atoms. The summed E-state index contributed by atoms with van der Waals surface area (Å²) in [5.74, 6) is 0.898. The summed E-state index contributed by atoms with van der Waals surface area (Å²) in [6, 6.07) is 9.16. The molecule has 0 spiro atoms. The standard InChI is InChI=1S/C21H26N6O3S/c1-15(2)30-13-5-12-22-20(28)19-18(14-31-21-23-10-4-11-24-21)27(26-25-19)16-6-8-17(29-3)9-7-16/h4,6-11,15H,5,12-14H2,1-3H3,(H,22,28). The van der Waals surface area contributed by atoms with Crippen molar-refractivity contribution >= 4 is 17.7 Å². The van der Waals surface area contributed by atoms with Crippen molar-refractivity contribution < 1.29 is 14.3 Å². The first-order chi connectivity index (χ1) is 15.1. The molecule has 1 N–H and O–H groups in total. The molecule has 0 unspecified atom stereocenters. The SMILES string of the molecule is COc1ccc(-n2nnc(C(=O)NCCCOC(C)C)c2CSc2ncccn2)cc1. The monoisotopic (exact) mass is 442 g/mol. The molecule has 0 saturated carbocycles. The van der Waals surface area contributed by atoms with Gasteiger partial charge < -0.3 is 14.8 Å². The van der Waals surface area contributed by atoms with Crippen LogP contribution in [0.5, 0.6) is 5.75 Å². The van der Waals surface area contributed by atoms with E-state index in [-0.39, 0.29) is 17.7 Å². The van der Waals surface area contributed by atoms with Crippen molar-refractivity contribution in [1.29, 1.82) is 0 Å². The number of thioether (sulfide) groups is 1. The summed E-state index contributed by atoms with van der Waals surface area (Å²) in [5.41, 5.74) is 1.73. The highest BCUT2D eigenvalue weighted by Gasteiger charge is 2.21. The van der Waals surface area contributed by atoms with Gasteiger partial charge in [-0.3, -0.25) is 4.79 Å². The molecule has 2 aromatic heterocycles. The Kier molecular flexibility index (Phi) is 8.36. The lowest BCUT2D eigenvalue weighted by molar-refractivity contribution is 0.0756. The number of carbonyl (C=O) groups is 1. The number of benzene rings is 1. The molecule has 0 aliphatic carbocycles. The van der Waals surface area contributed by atoms with Gasteiger partial charge in [0, 0.05) is 31.3 Å². The predicted octanol–water partition coefficient (Wildman–Crippen LogP) is 2.90. The third-order valence-electron chi connectivity index (χ3n) is 4.23. The minimum Gasteiger partial charge on any atom is -0.497 e. The van der Waals surface area contributed by atoms with Gasteiger partial charge in [0.25, 0.3) is 5.91 Å². The third kappa shape index (κ3) is 6.50. The van der Waals surface area contributed by atoms with Crippen molar-refractivity contribution in [2.45, 2.75) is 37.3 Å². The van der Waals surface area contributed by atoms with E-state index in [2.05, 4.69) is 25.6 Å². The van der Waals surface area contributed by atoms with Crippen LogP contribution in [0.2, 0.25) is 0 Å². The van der Waals surface area contributed by atoms with Gasteiger partial charge in [-0.05, 0) is 50.6 Å². The maximum absolute atomic E-state index is 12.8. The fraction of sp³-hybridized carbons (Fsp3) is 0.381. The van der Waals surface area contributed by atoms with E-state index in [4.69, 9.17) is 9.47 Å². The van der Waals surface area contributed by atoms with Crippen molar-refractivity contribution in [2.24, 2.45) is 0 Å². The van der Waals surface area contributed by atoms with Gasteiger partial charge in [0.1, 0.15) is 5.75 Å². The number of carbonyl (C=O) groups excluding carboxylic acids is 1. The number of rotatable bonds is 11. The summed E-state index contributed by atoms with van der Waals surface area (Å²) in [6.07, 6.45) is 4.25. The minimum absolute atomic E-state index is 0.170. The highest BCUT2D eigenvalue weighted by Crippen LogP contribution is 2.23. The maximum atomic E-state index is 12.8. The number of ether oxygens (including phenoxy) is 2. The van der Waals surface area contributed by atoms with Gasteiger partial charge in [0.2, 0.25) is 0 Å². The molecule has 31 heavy (non-hydrogen) atoms. The van der Waals surface area contributed by atoms with E-state index in [9.17, 15) is 4.79 Å². The Balaban J connectivity index is 1.77. The van der Waals surface area contributed by atoms with Crippen LogP contribution in [-0.2, 0) is 10.5 Å². The molecule has 0 saturated heterocycles. The van der Waals surface area contributed by atoms with Crippen molar-refractivity contribution in [3.8, 4) is 11.4 Å². The molecule has 1 aromatic carbocycles. The molecule has 2 heterocycles. The topological polar surface area (TPSA) is 104 Å². The lowest BCUT2D eigenvalue weighted by Crippen LogP contribution is -2.27. The molecule has 0 aliphatic rings. The van der Waals surface area contributed by atoms with Gasteiger partial charge in [0.15, 0.2) is 10.9 Å². The van der Waals surface area contributed by atoms with Gasteiger partial charge in [-0.2, -0.15) is 0 Å². The Bertz CT molecular complexity index is 963. The molecule has 0 radical (unpaired) electrons. The number of amides is 1. The van der Waals surface area contributed by atoms with Crippen LogP contribution in [0.4, 0.5) is 0 Å². The normalized spacial score (nSPS) is 11.0. The summed E-state index contributed by atoms with van der Waals surface area (Å²) in [5, 5.41) is 11.9. The average Bonchev–Trinajstić information content (AvgIpc) is 3.22. The van der Waals surface area contributed by atoms with Gasteiger partial charge in [-0.1, -0.05) is 17.0 Å². The van der Waals surface area contributed by atoms with E-state index >= 15 is 0 Å². The Morgan fingerprint density at radius 2 is 1.94 bits per heavy atom. The quantitative estimate of drug-likeness (QED) is 0.275. The third-order valence-corrected chi connectivity index (χ3v) is 5.12. The first kappa shape index (κ1) is 22.7. The number of hydrogen-bond acceptors (Lipinski definition) is 8. The van der Waals surface area contributed by atoms with Crippen LogP contribution in [0.1, 0.15) is 36.5 Å². The van der Waals surface area contributed by atoms with E-state index in [0.717, 1.165) is 17.9 Å². The summed E-state index contributed by atoms with van der Waals surface area (Å²) in [4.78, 5) is 21.3. The molecule has 164 valence electrons. The molecule has 0 atom stereocenters. The molecular formula is C21H26N6O3S. The van der Waals surface area contributed by atoms with Gasteiger partial charge in [-0.25, -0.2) is 14.6 Å². The number of nitrogens with zero attached hydrogens (tertiary/aromatic N) is 5. The Labute approximate surface area is 185 Å². The van der Waals surface area contributed by atoms with E-state index in [1.54, 1.807) is 30.3 Å². The number of aromatic nitrogens is 5. The second kappa shape index (κ2) is 11.4. The molecular weight excluding hydrogens is 416 g/mol. The number of methoxy groups -OCH3 is 1. The summed E-state index contributed by atoms with van der Waals surface area (Å²) in [6.45, 7) is 5.05. The van der Waals surface area contributed by atoms with Crippen LogP contribution in [0.3, 0.4) is 0 Å². The lowest BCUT2D eigenvalue weighted by atomic mass is 10.2. The van der Waals surface area contributed by atoms with Crippen molar-refractivity contribution in [3.05, 3.63) is 54.1 Å². The average molecular weight is 443 g/mol. The smallest absolute Gasteiger partial charge is 0.273 e. The maximum Gasteiger partial charge on any atom is 0.273 e. The zero-order chi connectivity index (χ0) is 22.1. The molecule has 3 rings (SSSR count). The number of hydrogen-bond donors (Lipinski definition) is 1. The van der Waals surface area contributed by atoms with E-state index in [1.807, 2.05) is 38.1 Å². The second-order valence-corrected chi connectivity index (χ2v) is 7.79. The molecule has 9 nitrogen and oxygen atoms in total. The van der Waals surface area contributed by atoms with Crippen LogP contribution in [-0.4, -0.2) is 57.2 Å². The van der Waals surface area contributed by atoms with Gasteiger partial charge in [0.05, 0.1) is 24.6 Å². The molecule has 0 fully saturated rings. The summed E-state index contributed by atoms with van der Waals surface area (Å²) >= 11 is 1.41. The Hall–Kier alpha value is -2.98. The van der Waals surface area contributed by atoms with E-state index < -0.39 is 0 Å². The van der Waals surface area contributed by atoms with Crippen LogP contribution in [0.25, 0.3) is 5.69 Å². The minimum atomic E-state index is -0.270. The van der Waals surface area contributed by atoms with Crippen LogP contribution >= 0.6 is 11.8 Å². The first-order valence-electron chi connectivity index (χ1n) is 9.97. The lowest BCUT2D eigenvalue weighted by Gasteiger charge is -2.10. The van der Waals surface area contributed by atoms with Crippen molar-refractivity contribution in [1.82, 2.24) is 30.3 Å². The first-order valence-corrected chi connectivity index (χ1v) is 11.0. The largest absolute Gasteiger partial charge is 0.497 e. The second-order valence-electron chi connectivity index (χ2n) is 6.84. The highest BCUT2D eigenvalue weighted by atomic mass is 32.2. The molecule has 3 aromatic rings. The molecule has 0 aliphatic heterocycles. The van der Waals surface area contributed by atoms with Gasteiger partial charge in [-0.15, -0.1) is 5.10 Å². The van der Waals surface area contributed by atoms with Crippen LogP contribution in [0.15, 0.2) is 47.9 Å². The fourth-order valence-corrected chi connectivity index (χ4v) is 3.50. The zero-order valence-electron chi connectivity index (χ0n) is 17.8. The van der Waals surface area contributed by atoms with Crippen LogP contribution < -0.4 is 10.1 Å².